The third-order valence-corrected chi connectivity index (χ3v) is 10.1. The third-order valence-electron chi connectivity index (χ3n) is 10.1. The summed E-state index contributed by atoms with van der Waals surface area (Å²) in [5.41, 5.74) is 9.31. The van der Waals surface area contributed by atoms with Gasteiger partial charge < -0.3 is 9.47 Å². The van der Waals surface area contributed by atoms with Crippen molar-refractivity contribution in [2.24, 2.45) is 0 Å². The molecule has 234 valence electrons. The average molecular weight is 637 g/mol. The lowest BCUT2D eigenvalue weighted by molar-refractivity contribution is 1.18. The maximum Gasteiger partial charge on any atom is 0.0542 e. The maximum absolute atomic E-state index is 2.44. The van der Waals surface area contributed by atoms with Gasteiger partial charge in [-0.25, -0.2) is 0 Å². The first kappa shape index (κ1) is 28.4. The van der Waals surface area contributed by atoms with E-state index < -0.39 is 0 Å². The Morgan fingerprint density at radius 2 is 0.980 bits per heavy atom. The summed E-state index contributed by atoms with van der Waals surface area (Å²) in [5.74, 6) is 0. The molecule has 0 atom stereocenters. The molecule has 9 aromatic carbocycles. The molecule has 1 aromatic heterocycles. The first-order valence-electron chi connectivity index (χ1n) is 17.2. The predicted octanol–water partition coefficient (Wildman–Crippen LogP) is 13.4. The van der Waals surface area contributed by atoms with Crippen LogP contribution < -0.4 is 4.90 Å². The lowest BCUT2D eigenvalue weighted by Gasteiger charge is -2.28. The zero-order chi connectivity index (χ0) is 33.0. The zero-order valence-corrected chi connectivity index (χ0v) is 27.4. The Balaban J connectivity index is 1.26. The maximum atomic E-state index is 2.44. The van der Waals surface area contributed by atoms with Crippen LogP contribution in [0.15, 0.2) is 194 Å². The van der Waals surface area contributed by atoms with E-state index in [1.54, 1.807) is 0 Å². The zero-order valence-electron chi connectivity index (χ0n) is 27.4. The minimum atomic E-state index is 1.11. The fourth-order valence-corrected chi connectivity index (χ4v) is 7.88. The molecule has 0 spiro atoms. The van der Waals surface area contributed by atoms with E-state index in [0.717, 1.165) is 22.7 Å². The fraction of sp³-hybridized carbons (Fsp3) is 0. The van der Waals surface area contributed by atoms with E-state index in [9.17, 15) is 0 Å². The molecule has 2 nitrogen and oxygen atoms in total. The molecule has 0 saturated heterocycles. The fourth-order valence-electron chi connectivity index (χ4n) is 7.88. The van der Waals surface area contributed by atoms with Gasteiger partial charge in [-0.2, -0.15) is 0 Å². The molecule has 10 aromatic rings. The molecule has 2 heteroatoms. The van der Waals surface area contributed by atoms with E-state index in [1.807, 2.05) is 0 Å². The van der Waals surface area contributed by atoms with Gasteiger partial charge in [-0.05, 0) is 92.7 Å². The Labute approximate surface area is 290 Å². The Morgan fingerprint density at radius 1 is 0.340 bits per heavy atom. The molecule has 0 bridgehead atoms. The summed E-state index contributed by atoms with van der Waals surface area (Å²) in [6.45, 7) is 0. The summed E-state index contributed by atoms with van der Waals surface area (Å²) in [5, 5.41) is 10.0. The Morgan fingerprint density at radius 3 is 1.86 bits per heavy atom. The normalized spacial score (nSPS) is 11.6. The van der Waals surface area contributed by atoms with Crippen molar-refractivity contribution in [1.82, 2.24) is 4.57 Å². The van der Waals surface area contributed by atoms with E-state index in [-0.39, 0.29) is 0 Å². The second-order valence-electron chi connectivity index (χ2n) is 13.0. The highest BCUT2D eigenvalue weighted by molar-refractivity contribution is 6.22. The van der Waals surface area contributed by atoms with Gasteiger partial charge in [-0.1, -0.05) is 140 Å². The number of anilines is 3. The number of rotatable bonds is 5. The van der Waals surface area contributed by atoms with Gasteiger partial charge in [0.1, 0.15) is 0 Å². The van der Waals surface area contributed by atoms with Crippen molar-refractivity contribution in [3.05, 3.63) is 194 Å². The van der Waals surface area contributed by atoms with Crippen LogP contribution in [0.25, 0.3) is 70.9 Å². The van der Waals surface area contributed by atoms with Crippen molar-refractivity contribution in [2.45, 2.75) is 0 Å². The van der Waals surface area contributed by atoms with Gasteiger partial charge >= 0.3 is 0 Å². The molecule has 50 heavy (non-hydrogen) atoms. The van der Waals surface area contributed by atoms with Crippen LogP contribution in [0, 0.1) is 0 Å². The van der Waals surface area contributed by atoms with Gasteiger partial charge in [0.25, 0.3) is 0 Å². The smallest absolute Gasteiger partial charge is 0.0542 e. The van der Waals surface area contributed by atoms with E-state index in [0.29, 0.717) is 0 Å². The Bertz CT molecular complexity index is 2870. The summed E-state index contributed by atoms with van der Waals surface area (Å²) in [4.78, 5) is 2.44. The van der Waals surface area contributed by atoms with Crippen LogP contribution in [0.1, 0.15) is 0 Å². The van der Waals surface area contributed by atoms with E-state index in [4.69, 9.17) is 0 Å². The van der Waals surface area contributed by atoms with Gasteiger partial charge in [-0.15, -0.1) is 0 Å². The first-order chi connectivity index (χ1) is 24.8. The van der Waals surface area contributed by atoms with E-state index in [1.165, 1.54) is 65.3 Å². The predicted molar refractivity (Wildman–Crippen MR) is 213 cm³/mol. The summed E-state index contributed by atoms with van der Waals surface area (Å²) in [6, 6.07) is 70.5. The van der Waals surface area contributed by atoms with Crippen molar-refractivity contribution < 1.29 is 0 Å². The standard InChI is InChI=1S/C48H32N2/c1-3-13-33(14-4-1)36-16-11-19-38(31-36)49(45-24-12-22-43-42(45)29-27-35-26-25-34-15-7-8-20-40(34)48(35)43)39-28-30-47-44(32-39)41-21-9-10-23-46(41)50(47)37-17-5-2-6-18-37/h1-32H. The molecular formula is C48H32N2. The summed E-state index contributed by atoms with van der Waals surface area (Å²) < 4.78 is 2.38. The number of fused-ring (bicyclic) bond motifs is 8. The lowest BCUT2D eigenvalue weighted by Crippen LogP contribution is -2.10. The highest BCUT2D eigenvalue weighted by Gasteiger charge is 2.20. The largest absolute Gasteiger partial charge is 0.310 e. The highest BCUT2D eigenvalue weighted by Crippen LogP contribution is 2.44. The second-order valence-corrected chi connectivity index (χ2v) is 13.0. The van der Waals surface area contributed by atoms with Crippen molar-refractivity contribution in [2.75, 3.05) is 4.90 Å². The van der Waals surface area contributed by atoms with Gasteiger partial charge in [-0.3, -0.25) is 0 Å². The number of nitrogens with zero attached hydrogens (tertiary/aromatic N) is 2. The minimum Gasteiger partial charge on any atom is -0.310 e. The van der Waals surface area contributed by atoms with Gasteiger partial charge in [0.2, 0.25) is 0 Å². The first-order valence-corrected chi connectivity index (χ1v) is 17.2. The minimum absolute atomic E-state index is 1.11. The molecule has 10 rings (SSSR count). The van der Waals surface area contributed by atoms with Crippen LogP contribution in [0.4, 0.5) is 17.1 Å². The molecular weight excluding hydrogens is 605 g/mol. The van der Waals surface area contributed by atoms with Crippen LogP contribution in [-0.2, 0) is 0 Å². The van der Waals surface area contributed by atoms with E-state index in [2.05, 4.69) is 204 Å². The molecule has 0 fully saturated rings. The van der Waals surface area contributed by atoms with Gasteiger partial charge in [0.05, 0.1) is 16.7 Å². The van der Waals surface area contributed by atoms with Crippen molar-refractivity contribution in [3.8, 4) is 16.8 Å². The second kappa shape index (κ2) is 11.5. The molecule has 0 N–H and O–H groups in total. The Hall–Kier alpha value is -6.64. The quantitative estimate of drug-likeness (QED) is 0.171. The summed E-state index contributed by atoms with van der Waals surface area (Å²) in [6.07, 6.45) is 0. The van der Waals surface area contributed by atoms with Crippen LogP contribution in [0.3, 0.4) is 0 Å². The summed E-state index contributed by atoms with van der Waals surface area (Å²) in [7, 11) is 0. The molecule has 1 heterocycles. The molecule has 0 saturated carbocycles. The van der Waals surface area contributed by atoms with Gasteiger partial charge in [0, 0.05) is 33.2 Å². The number of aromatic nitrogens is 1. The van der Waals surface area contributed by atoms with Crippen molar-refractivity contribution in [3.63, 3.8) is 0 Å². The topological polar surface area (TPSA) is 8.17 Å². The molecule has 0 aliphatic heterocycles. The number of hydrogen-bond acceptors (Lipinski definition) is 1. The molecule has 0 aliphatic rings. The monoisotopic (exact) mass is 636 g/mol. The summed E-state index contributed by atoms with van der Waals surface area (Å²) >= 11 is 0. The Kier molecular flexibility index (Phi) is 6.53. The van der Waals surface area contributed by atoms with Crippen LogP contribution in [0.2, 0.25) is 0 Å². The van der Waals surface area contributed by atoms with Crippen LogP contribution >= 0.6 is 0 Å². The highest BCUT2D eigenvalue weighted by atomic mass is 15.1. The molecule has 0 amide bonds. The molecule has 0 aliphatic carbocycles. The number of hydrogen-bond donors (Lipinski definition) is 0. The average Bonchev–Trinajstić information content (AvgIpc) is 3.52. The van der Waals surface area contributed by atoms with Crippen LogP contribution in [-0.4, -0.2) is 4.57 Å². The molecule has 0 radical (unpaired) electrons. The van der Waals surface area contributed by atoms with Crippen molar-refractivity contribution in [1.29, 1.82) is 0 Å². The number of para-hydroxylation sites is 2. The lowest BCUT2D eigenvalue weighted by atomic mass is 9.95. The third kappa shape index (κ3) is 4.50. The van der Waals surface area contributed by atoms with Gasteiger partial charge in [0.15, 0.2) is 0 Å². The number of benzene rings is 9. The SMILES string of the molecule is c1ccc(-c2cccc(N(c3ccc4c(c3)c3ccccc3n4-c3ccccc3)c3cccc4c3ccc3ccc5ccccc5c34)c2)cc1. The molecule has 0 unspecified atom stereocenters. The van der Waals surface area contributed by atoms with E-state index >= 15 is 0 Å². The van der Waals surface area contributed by atoms with Crippen LogP contribution in [0.5, 0.6) is 0 Å². The van der Waals surface area contributed by atoms with Crippen molar-refractivity contribution >= 4 is 71.2 Å².